The van der Waals surface area contributed by atoms with Crippen LogP contribution in [0.2, 0.25) is 0 Å². The molecular weight excluding hydrogens is 256 g/mol. The summed E-state index contributed by atoms with van der Waals surface area (Å²) in [5.41, 5.74) is 0.227. The Morgan fingerprint density at radius 1 is 1.25 bits per heavy atom. The molecule has 20 heavy (non-hydrogen) atoms. The van der Waals surface area contributed by atoms with Crippen molar-refractivity contribution in [3.05, 3.63) is 35.4 Å². The highest BCUT2D eigenvalue weighted by Crippen LogP contribution is 2.45. The smallest absolute Gasteiger partial charge is 0.339 e. The lowest BCUT2D eigenvalue weighted by molar-refractivity contribution is 0.0673. The second-order valence-corrected chi connectivity index (χ2v) is 5.74. The lowest BCUT2D eigenvalue weighted by Gasteiger charge is -2.34. The molecule has 0 spiro atoms. The van der Waals surface area contributed by atoms with Gasteiger partial charge in [0.25, 0.3) is 0 Å². The van der Waals surface area contributed by atoms with Crippen molar-refractivity contribution < 1.29 is 19.7 Å². The topological polar surface area (TPSA) is 66.8 Å². The summed E-state index contributed by atoms with van der Waals surface area (Å²) in [6.07, 6.45) is 1.31. The Kier molecular flexibility index (Phi) is 2.64. The van der Waals surface area contributed by atoms with Crippen LogP contribution in [0.4, 0.5) is 0 Å². The number of carboxylic acid groups (broad SMARTS) is 1. The van der Waals surface area contributed by atoms with Gasteiger partial charge in [-0.05, 0) is 26.7 Å². The minimum atomic E-state index is -1.12. The summed E-state index contributed by atoms with van der Waals surface area (Å²) < 4.78 is 6.00. The molecule has 0 atom stereocenters. The normalized spacial score (nSPS) is 16.5. The largest absolute Gasteiger partial charge is 0.506 e. The van der Waals surface area contributed by atoms with Crippen LogP contribution in [0, 0.1) is 0 Å². The molecule has 0 bridgehead atoms. The second-order valence-electron chi connectivity index (χ2n) is 5.74. The van der Waals surface area contributed by atoms with Crippen LogP contribution in [0.3, 0.4) is 0 Å². The highest BCUT2D eigenvalue weighted by atomic mass is 16.5. The van der Waals surface area contributed by atoms with Crippen LogP contribution in [0.25, 0.3) is 10.8 Å². The van der Waals surface area contributed by atoms with E-state index in [0.29, 0.717) is 23.1 Å². The number of hydrogen-bond acceptors (Lipinski definition) is 3. The first-order chi connectivity index (χ1) is 9.41. The number of carboxylic acids is 1. The van der Waals surface area contributed by atoms with Gasteiger partial charge in [0, 0.05) is 16.3 Å². The molecule has 0 saturated carbocycles. The van der Waals surface area contributed by atoms with Crippen LogP contribution < -0.4 is 4.74 Å². The van der Waals surface area contributed by atoms with Gasteiger partial charge in [0.2, 0.25) is 0 Å². The fraction of sp³-hybridized carbons (Fsp3) is 0.312. The van der Waals surface area contributed by atoms with E-state index >= 15 is 0 Å². The predicted molar refractivity (Wildman–Crippen MR) is 75.6 cm³/mol. The van der Waals surface area contributed by atoms with Crippen LogP contribution in [-0.4, -0.2) is 21.8 Å². The summed E-state index contributed by atoms with van der Waals surface area (Å²) in [5, 5.41) is 20.9. The van der Waals surface area contributed by atoms with Gasteiger partial charge < -0.3 is 14.9 Å². The molecule has 2 aromatic carbocycles. The summed E-state index contributed by atoms with van der Waals surface area (Å²) in [4.78, 5) is 11.5. The van der Waals surface area contributed by atoms with Gasteiger partial charge in [-0.1, -0.05) is 24.3 Å². The molecule has 2 N–H and O–H groups in total. The number of aromatic hydroxyl groups is 1. The zero-order chi connectivity index (χ0) is 14.5. The predicted octanol–water partition coefficient (Wildman–Crippen LogP) is 3.35. The maximum absolute atomic E-state index is 11.5. The van der Waals surface area contributed by atoms with Gasteiger partial charge >= 0.3 is 5.97 Å². The van der Waals surface area contributed by atoms with Crippen molar-refractivity contribution in [2.75, 3.05) is 0 Å². The molecule has 104 valence electrons. The number of rotatable bonds is 1. The molecule has 0 aliphatic carbocycles. The van der Waals surface area contributed by atoms with Gasteiger partial charge in [-0.2, -0.15) is 0 Å². The van der Waals surface area contributed by atoms with Crippen molar-refractivity contribution in [1.29, 1.82) is 0 Å². The van der Waals surface area contributed by atoms with E-state index in [2.05, 4.69) is 0 Å². The van der Waals surface area contributed by atoms with Gasteiger partial charge in [-0.25, -0.2) is 4.79 Å². The highest BCUT2D eigenvalue weighted by Gasteiger charge is 2.33. The first-order valence-corrected chi connectivity index (χ1v) is 6.59. The second kappa shape index (κ2) is 4.13. The molecule has 1 aliphatic rings. The molecule has 0 saturated heterocycles. The van der Waals surface area contributed by atoms with Crippen molar-refractivity contribution in [1.82, 2.24) is 0 Å². The molecule has 1 heterocycles. The molecule has 0 radical (unpaired) electrons. The average Bonchev–Trinajstić information content (AvgIpc) is 2.39. The zero-order valence-corrected chi connectivity index (χ0v) is 11.4. The van der Waals surface area contributed by atoms with Crippen molar-refractivity contribution in [3.8, 4) is 11.5 Å². The first-order valence-electron chi connectivity index (χ1n) is 6.59. The molecule has 4 heteroatoms. The monoisotopic (exact) mass is 272 g/mol. The molecule has 3 rings (SSSR count). The van der Waals surface area contributed by atoms with E-state index in [9.17, 15) is 15.0 Å². The Morgan fingerprint density at radius 3 is 2.55 bits per heavy atom. The van der Waals surface area contributed by atoms with Crippen molar-refractivity contribution >= 4 is 16.7 Å². The van der Waals surface area contributed by atoms with E-state index < -0.39 is 5.97 Å². The van der Waals surface area contributed by atoms with Gasteiger partial charge in [0.1, 0.15) is 22.7 Å². The number of fused-ring (bicyclic) bond motifs is 3. The lowest BCUT2D eigenvalue weighted by atomic mass is 9.88. The molecule has 4 nitrogen and oxygen atoms in total. The Morgan fingerprint density at radius 2 is 1.90 bits per heavy atom. The molecular formula is C16H16O4. The Hall–Kier alpha value is -2.23. The quantitative estimate of drug-likeness (QED) is 0.835. The Labute approximate surface area is 116 Å². The molecule has 0 amide bonds. The number of hydrogen-bond donors (Lipinski definition) is 2. The van der Waals surface area contributed by atoms with Gasteiger partial charge in [0.05, 0.1) is 0 Å². The highest BCUT2D eigenvalue weighted by molar-refractivity contribution is 6.05. The van der Waals surface area contributed by atoms with Crippen LogP contribution in [0.5, 0.6) is 11.5 Å². The number of ether oxygens (including phenoxy) is 1. The van der Waals surface area contributed by atoms with E-state index in [0.717, 1.165) is 11.8 Å². The van der Waals surface area contributed by atoms with Crippen molar-refractivity contribution in [3.63, 3.8) is 0 Å². The fourth-order valence-corrected chi connectivity index (χ4v) is 2.78. The van der Waals surface area contributed by atoms with Crippen LogP contribution in [-0.2, 0) is 6.42 Å². The fourth-order valence-electron chi connectivity index (χ4n) is 2.78. The van der Waals surface area contributed by atoms with Crippen molar-refractivity contribution in [2.45, 2.75) is 32.3 Å². The first kappa shape index (κ1) is 12.8. The van der Waals surface area contributed by atoms with E-state index in [4.69, 9.17) is 4.74 Å². The maximum Gasteiger partial charge on any atom is 0.339 e. The summed E-state index contributed by atoms with van der Waals surface area (Å²) in [7, 11) is 0. The SMILES string of the molecule is CC1(C)CCc2c(C(=O)O)c(O)c3ccccc3c2O1. The summed E-state index contributed by atoms with van der Waals surface area (Å²) in [6.45, 7) is 3.97. The number of phenols is 1. The average molecular weight is 272 g/mol. The van der Waals surface area contributed by atoms with Crippen LogP contribution in [0.1, 0.15) is 36.2 Å². The minimum Gasteiger partial charge on any atom is -0.506 e. The Balaban J connectivity index is 2.42. The van der Waals surface area contributed by atoms with Crippen molar-refractivity contribution in [2.24, 2.45) is 0 Å². The molecule has 0 aromatic heterocycles. The number of aromatic carboxylic acids is 1. The van der Waals surface area contributed by atoms with E-state index in [-0.39, 0.29) is 16.9 Å². The maximum atomic E-state index is 11.5. The minimum absolute atomic E-state index is 0.0331. The van der Waals surface area contributed by atoms with Gasteiger partial charge in [0.15, 0.2) is 0 Å². The lowest BCUT2D eigenvalue weighted by Crippen LogP contribution is -2.33. The van der Waals surface area contributed by atoms with E-state index in [1.54, 1.807) is 12.1 Å². The third-order valence-corrected chi connectivity index (χ3v) is 3.81. The van der Waals surface area contributed by atoms with E-state index in [1.165, 1.54) is 0 Å². The van der Waals surface area contributed by atoms with E-state index in [1.807, 2.05) is 26.0 Å². The van der Waals surface area contributed by atoms with Gasteiger partial charge in [-0.3, -0.25) is 0 Å². The summed E-state index contributed by atoms with van der Waals surface area (Å²) in [6, 6.07) is 7.19. The zero-order valence-electron chi connectivity index (χ0n) is 11.4. The number of carbonyl (C=O) groups is 1. The Bertz CT molecular complexity index is 716. The molecule has 0 fully saturated rings. The summed E-state index contributed by atoms with van der Waals surface area (Å²) >= 11 is 0. The summed E-state index contributed by atoms with van der Waals surface area (Å²) in [5.74, 6) is -0.699. The number of benzene rings is 2. The molecule has 2 aromatic rings. The van der Waals surface area contributed by atoms with Crippen LogP contribution >= 0.6 is 0 Å². The van der Waals surface area contributed by atoms with Gasteiger partial charge in [-0.15, -0.1) is 0 Å². The molecule has 1 aliphatic heterocycles. The third kappa shape index (κ3) is 1.80. The standard InChI is InChI=1S/C16H16O4/c1-16(2)8-7-11-12(15(18)19)13(17)9-5-3-4-6-10(9)14(11)20-16/h3-6,17H,7-8H2,1-2H3,(H,18,19). The third-order valence-electron chi connectivity index (χ3n) is 3.81. The van der Waals surface area contributed by atoms with Crippen LogP contribution in [0.15, 0.2) is 24.3 Å². The molecule has 0 unspecified atom stereocenters.